The van der Waals surface area contributed by atoms with Gasteiger partial charge in [0.05, 0.1) is 6.04 Å². The van der Waals surface area contributed by atoms with E-state index in [-0.39, 0.29) is 6.04 Å². The fourth-order valence-corrected chi connectivity index (χ4v) is 2.43. The minimum Gasteiger partial charge on any atom is -0.298 e. The standard InChI is InChI=1S/C13H25NO/c1-10(2)11(3)13-12(15)8-6-5-7-9-14(13)4/h10-11,13H,5-9H2,1-4H3. The molecular formula is C13H25NO. The van der Waals surface area contributed by atoms with E-state index in [1.54, 1.807) is 0 Å². The van der Waals surface area contributed by atoms with Crippen molar-refractivity contribution < 1.29 is 4.79 Å². The highest BCUT2D eigenvalue weighted by Crippen LogP contribution is 2.23. The molecule has 2 atom stereocenters. The highest BCUT2D eigenvalue weighted by molar-refractivity contribution is 5.84. The van der Waals surface area contributed by atoms with Crippen molar-refractivity contribution in [1.29, 1.82) is 0 Å². The molecule has 0 aromatic heterocycles. The van der Waals surface area contributed by atoms with E-state index in [2.05, 4.69) is 32.7 Å². The van der Waals surface area contributed by atoms with Gasteiger partial charge in [-0.2, -0.15) is 0 Å². The van der Waals surface area contributed by atoms with Crippen molar-refractivity contribution in [2.45, 2.75) is 52.5 Å². The lowest BCUT2D eigenvalue weighted by Crippen LogP contribution is -2.46. The van der Waals surface area contributed by atoms with E-state index < -0.39 is 0 Å². The molecule has 15 heavy (non-hydrogen) atoms. The number of Topliss-reactive ketones (excluding diaryl/α,β-unsaturated/α-hetero) is 1. The highest BCUT2D eigenvalue weighted by atomic mass is 16.1. The molecule has 2 unspecified atom stereocenters. The van der Waals surface area contributed by atoms with Crippen molar-refractivity contribution in [3.8, 4) is 0 Å². The molecule has 0 amide bonds. The van der Waals surface area contributed by atoms with Crippen LogP contribution in [0.25, 0.3) is 0 Å². The summed E-state index contributed by atoms with van der Waals surface area (Å²) in [4.78, 5) is 14.4. The second-order valence-electron chi connectivity index (χ2n) is 5.31. The number of carbonyl (C=O) groups is 1. The molecule has 2 nitrogen and oxygen atoms in total. The van der Waals surface area contributed by atoms with Gasteiger partial charge in [0.25, 0.3) is 0 Å². The van der Waals surface area contributed by atoms with Crippen molar-refractivity contribution in [3.63, 3.8) is 0 Å². The van der Waals surface area contributed by atoms with E-state index in [0.717, 1.165) is 19.4 Å². The topological polar surface area (TPSA) is 20.3 Å². The summed E-state index contributed by atoms with van der Waals surface area (Å²) in [6.07, 6.45) is 4.32. The van der Waals surface area contributed by atoms with Crippen LogP contribution < -0.4 is 0 Å². The normalized spacial score (nSPS) is 27.5. The van der Waals surface area contributed by atoms with Crippen LogP contribution >= 0.6 is 0 Å². The van der Waals surface area contributed by atoms with E-state index >= 15 is 0 Å². The lowest BCUT2D eigenvalue weighted by molar-refractivity contribution is -0.126. The van der Waals surface area contributed by atoms with Gasteiger partial charge in [0.1, 0.15) is 5.78 Å². The van der Waals surface area contributed by atoms with Crippen molar-refractivity contribution in [1.82, 2.24) is 4.90 Å². The summed E-state index contributed by atoms with van der Waals surface area (Å²) in [5.41, 5.74) is 0. The van der Waals surface area contributed by atoms with Crippen LogP contribution in [0.15, 0.2) is 0 Å². The Hall–Kier alpha value is -0.370. The van der Waals surface area contributed by atoms with Gasteiger partial charge in [0.2, 0.25) is 0 Å². The number of hydrogen-bond acceptors (Lipinski definition) is 2. The maximum Gasteiger partial charge on any atom is 0.150 e. The third-order valence-electron chi connectivity index (χ3n) is 3.79. The second-order valence-corrected chi connectivity index (χ2v) is 5.31. The van der Waals surface area contributed by atoms with Gasteiger partial charge in [0, 0.05) is 6.42 Å². The van der Waals surface area contributed by atoms with E-state index in [0.29, 0.717) is 17.6 Å². The van der Waals surface area contributed by atoms with Gasteiger partial charge in [-0.1, -0.05) is 27.2 Å². The third-order valence-corrected chi connectivity index (χ3v) is 3.79. The van der Waals surface area contributed by atoms with Crippen LogP contribution in [0.4, 0.5) is 0 Å². The predicted molar refractivity (Wildman–Crippen MR) is 63.9 cm³/mol. The molecule has 1 aliphatic rings. The number of carbonyl (C=O) groups excluding carboxylic acids is 1. The predicted octanol–water partition coefficient (Wildman–Crippen LogP) is 2.72. The average molecular weight is 211 g/mol. The van der Waals surface area contributed by atoms with Crippen LogP contribution in [0, 0.1) is 11.8 Å². The Morgan fingerprint density at radius 3 is 2.47 bits per heavy atom. The Morgan fingerprint density at radius 1 is 1.20 bits per heavy atom. The van der Waals surface area contributed by atoms with Crippen LogP contribution in [0.1, 0.15) is 46.5 Å². The molecule has 0 aromatic rings. The Balaban J connectivity index is 2.73. The summed E-state index contributed by atoms with van der Waals surface area (Å²) in [6, 6.07) is 0.158. The molecule has 0 N–H and O–H groups in total. The van der Waals surface area contributed by atoms with Gasteiger partial charge in [-0.3, -0.25) is 9.69 Å². The number of ketones is 1. The van der Waals surface area contributed by atoms with Crippen LogP contribution in [-0.4, -0.2) is 30.3 Å². The maximum absolute atomic E-state index is 12.1. The molecule has 0 aliphatic carbocycles. The van der Waals surface area contributed by atoms with Crippen LogP contribution in [0.5, 0.6) is 0 Å². The summed E-state index contributed by atoms with van der Waals surface area (Å²) in [5, 5.41) is 0. The van der Waals surface area contributed by atoms with E-state index in [9.17, 15) is 4.79 Å². The fourth-order valence-electron chi connectivity index (χ4n) is 2.43. The molecule has 1 rings (SSSR count). The molecule has 1 fully saturated rings. The summed E-state index contributed by atoms with van der Waals surface area (Å²) in [7, 11) is 2.10. The SMILES string of the molecule is CC(C)C(C)C1C(=O)CCCCCN1C. The first-order chi connectivity index (χ1) is 7.04. The van der Waals surface area contributed by atoms with Crippen molar-refractivity contribution >= 4 is 5.78 Å². The lowest BCUT2D eigenvalue weighted by atomic mass is 9.84. The number of likely N-dealkylation sites (tertiary alicyclic amines) is 1. The van der Waals surface area contributed by atoms with E-state index in [1.165, 1.54) is 12.8 Å². The second kappa shape index (κ2) is 5.64. The summed E-state index contributed by atoms with van der Waals surface area (Å²) in [6.45, 7) is 7.72. The molecule has 0 radical (unpaired) electrons. The maximum atomic E-state index is 12.1. The number of hydrogen-bond donors (Lipinski definition) is 0. The Kier molecular flexibility index (Phi) is 4.78. The van der Waals surface area contributed by atoms with Crippen molar-refractivity contribution in [3.05, 3.63) is 0 Å². The number of rotatable bonds is 2. The minimum absolute atomic E-state index is 0.158. The molecule has 1 heterocycles. The number of nitrogens with zero attached hydrogens (tertiary/aromatic N) is 1. The zero-order valence-corrected chi connectivity index (χ0v) is 10.6. The van der Waals surface area contributed by atoms with Crippen LogP contribution in [-0.2, 0) is 4.79 Å². The van der Waals surface area contributed by atoms with Crippen LogP contribution in [0.3, 0.4) is 0 Å². The Labute approximate surface area is 94.0 Å². The fraction of sp³-hybridized carbons (Fsp3) is 0.923. The summed E-state index contributed by atoms with van der Waals surface area (Å²) in [5.74, 6) is 1.51. The van der Waals surface area contributed by atoms with Gasteiger partial charge in [-0.15, -0.1) is 0 Å². The van der Waals surface area contributed by atoms with E-state index in [1.807, 2.05) is 0 Å². The summed E-state index contributed by atoms with van der Waals surface area (Å²) >= 11 is 0. The molecule has 0 aromatic carbocycles. The van der Waals surface area contributed by atoms with Gasteiger partial charge >= 0.3 is 0 Å². The average Bonchev–Trinajstić information content (AvgIpc) is 2.14. The Bertz CT molecular complexity index is 213. The van der Waals surface area contributed by atoms with Gasteiger partial charge in [-0.05, 0) is 38.3 Å². The third kappa shape index (κ3) is 3.30. The molecule has 0 bridgehead atoms. The monoisotopic (exact) mass is 211 g/mol. The van der Waals surface area contributed by atoms with Crippen molar-refractivity contribution in [2.75, 3.05) is 13.6 Å². The zero-order chi connectivity index (χ0) is 11.4. The van der Waals surface area contributed by atoms with Crippen molar-refractivity contribution in [2.24, 2.45) is 11.8 Å². The first-order valence-electron chi connectivity index (χ1n) is 6.27. The van der Waals surface area contributed by atoms with E-state index in [4.69, 9.17) is 0 Å². The first kappa shape index (κ1) is 12.7. The molecule has 88 valence electrons. The zero-order valence-electron chi connectivity index (χ0n) is 10.6. The number of likely N-dealkylation sites (N-methyl/N-ethyl adjacent to an activating group) is 1. The molecule has 0 saturated carbocycles. The minimum atomic E-state index is 0.158. The summed E-state index contributed by atoms with van der Waals surface area (Å²) < 4.78 is 0. The quantitative estimate of drug-likeness (QED) is 0.700. The lowest BCUT2D eigenvalue weighted by Gasteiger charge is -2.35. The molecule has 0 spiro atoms. The van der Waals surface area contributed by atoms with Gasteiger partial charge in [0.15, 0.2) is 0 Å². The molecular weight excluding hydrogens is 186 g/mol. The van der Waals surface area contributed by atoms with Crippen LogP contribution in [0.2, 0.25) is 0 Å². The molecule has 2 heteroatoms. The highest BCUT2D eigenvalue weighted by Gasteiger charge is 2.30. The largest absolute Gasteiger partial charge is 0.298 e. The van der Waals surface area contributed by atoms with Gasteiger partial charge in [-0.25, -0.2) is 0 Å². The Morgan fingerprint density at radius 2 is 1.87 bits per heavy atom. The van der Waals surface area contributed by atoms with Gasteiger partial charge < -0.3 is 0 Å². The first-order valence-corrected chi connectivity index (χ1v) is 6.27. The smallest absolute Gasteiger partial charge is 0.150 e. The molecule has 1 saturated heterocycles. The molecule has 1 aliphatic heterocycles.